The Morgan fingerprint density at radius 3 is 2.53 bits per heavy atom. The number of carbonyl (C=O) groups excluding carboxylic acids is 2. The second-order valence-corrected chi connectivity index (χ2v) is 8.57. The van der Waals surface area contributed by atoms with E-state index in [2.05, 4.69) is 15.4 Å². The molecule has 3 heterocycles. The molecule has 166 valence electrons. The van der Waals surface area contributed by atoms with Crippen LogP contribution in [0.4, 0.5) is 19.0 Å². The minimum absolute atomic E-state index is 0.0386. The summed E-state index contributed by atoms with van der Waals surface area (Å²) < 4.78 is 40.6. The van der Waals surface area contributed by atoms with Crippen molar-refractivity contribution >= 4 is 28.4 Å². The maximum absolute atomic E-state index is 13.0. The molecule has 1 atom stereocenters. The van der Waals surface area contributed by atoms with Crippen LogP contribution in [0, 0.1) is 5.41 Å². The number of aromatic nitrogens is 3. The molecule has 1 N–H and O–H groups in total. The van der Waals surface area contributed by atoms with Gasteiger partial charge in [-0.3, -0.25) is 14.3 Å². The zero-order valence-corrected chi connectivity index (χ0v) is 17.2. The van der Waals surface area contributed by atoms with Crippen LogP contribution in [0.15, 0.2) is 42.9 Å². The fraction of sp³-hybridized carbons (Fsp3) is 0.364. The number of rotatable bonds is 3. The molecule has 1 spiro atoms. The molecule has 1 saturated heterocycles. The average molecular weight is 443 g/mol. The first-order valence-corrected chi connectivity index (χ1v) is 10.2. The SMILES string of the molecule is Cn1cc(-c2ccc3cnc(NC(=O)C4N(C(=O)C(F)(F)F)CC45CCC5)cc3c2)cn1. The third kappa shape index (κ3) is 3.30. The molecule has 2 fully saturated rings. The predicted octanol–water partition coefficient (Wildman–Crippen LogP) is 3.52. The highest BCUT2D eigenvalue weighted by Gasteiger charge is 2.63. The summed E-state index contributed by atoms with van der Waals surface area (Å²) in [5.74, 6) is -2.38. The van der Waals surface area contributed by atoms with E-state index >= 15 is 0 Å². The van der Waals surface area contributed by atoms with E-state index in [-0.39, 0.29) is 12.4 Å². The number of alkyl halides is 3. The van der Waals surface area contributed by atoms with Crippen LogP contribution in [0.3, 0.4) is 0 Å². The largest absolute Gasteiger partial charge is 0.471 e. The summed E-state index contributed by atoms with van der Waals surface area (Å²) in [4.78, 5) is 29.6. The van der Waals surface area contributed by atoms with Crippen LogP contribution < -0.4 is 5.32 Å². The van der Waals surface area contributed by atoms with Crippen LogP contribution in [0.5, 0.6) is 0 Å². The number of hydrogen-bond acceptors (Lipinski definition) is 4. The number of carbonyl (C=O) groups is 2. The lowest BCUT2D eigenvalue weighted by molar-refractivity contribution is -0.211. The molecule has 0 radical (unpaired) electrons. The average Bonchev–Trinajstić information content (AvgIpc) is 3.11. The van der Waals surface area contributed by atoms with E-state index in [9.17, 15) is 22.8 Å². The lowest BCUT2D eigenvalue weighted by atomic mass is 9.57. The molecule has 2 aliphatic rings. The van der Waals surface area contributed by atoms with Crippen molar-refractivity contribution in [3.63, 3.8) is 0 Å². The van der Waals surface area contributed by atoms with Crippen molar-refractivity contribution in [1.29, 1.82) is 0 Å². The minimum Gasteiger partial charge on any atom is -0.322 e. The summed E-state index contributed by atoms with van der Waals surface area (Å²) in [5, 5.41) is 8.46. The van der Waals surface area contributed by atoms with Crippen molar-refractivity contribution in [3.8, 4) is 11.1 Å². The van der Waals surface area contributed by atoms with E-state index in [1.807, 2.05) is 31.4 Å². The Labute approximate surface area is 181 Å². The van der Waals surface area contributed by atoms with Crippen LogP contribution in [0.1, 0.15) is 19.3 Å². The minimum atomic E-state index is -5.01. The van der Waals surface area contributed by atoms with Crippen molar-refractivity contribution in [3.05, 3.63) is 42.9 Å². The van der Waals surface area contributed by atoms with E-state index in [1.165, 1.54) is 0 Å². The standard InChI is InChI=1S/C22H20F3N5O2/c1-29-11-16(10-27-29)13-3-4-14-9-26-17(8-15(14)7-13)28-19(31)18-21(5-2-6-21)12-30(18)20(32)22(23,24)25/h3-4,7-11,18H,2,5-6,12H2,1H3,(H,26,28,31). The maximum atomic E-state index is 13.0. The first-order valence-electron chi connectivity index (χ1n) is 10.2. The number of anilines is 1. The molecule has 2 amide bonds. The molecule has 3 aromatic rings. The van der Waals surface area contributed by atoms with Crippen LogP contribution >= 0.6 is 0 Å². The van der Waals surface area contributed by atoms with Gasteiger partial charge in [-0.25, -0.2) is 4.98 Å². The second-order valence-electron chi connectivity index (χ2n) is 8.57. The van der Waals surface area contributed by atoms with Gasteiger partial charge in [-0.1, -0.05) is 18.6 Å². The summed E-state index contributed by atoms with van der Waals surface area (Å²) in [7, 11) is 1.82. The lowest BCUT2D eigenvalue weighted by Gasteiger charge is -2.61. The Balaban J connectivity index is 1.40. The van der Waals surface area contributed by atoms with Gasteiger partial charge in [0.05, 0.1) is 6.20 Å². The fourth-order valence-electron chi connectivity index (χ4n) is 4.72. The molecule has 1 aromatic carbocycles. The van der Waals surface area contributed by atoms with Gasteiger partial charge >= 0.3 is 12.1 Å². The molecule has 1 aliphatic heterocycles. The topological polar surface area (TPSA) is 80.1 Å². The van der Waals surface area contributed by atoms with Gasteiger partial charge in [0, 0.05) is 42.4 Å². The lowest BCUT2D eigenvalue weighted by Crippen LogP contribution is -2.74. The van der Waals surface area contributed by atoms with Gasteiger partial charge in [-0.15, -0.1) is 0 Å². The normalized spacial score (nSPS) is 19.5. The van der Waals surface area contributed by atoms with Gasteiger partial charge in [-0.2, -0.15) is 18.3 Å². The van der Waals surface area contributed by atoms with Gasteiger partial charge in [0.25, 0.3) is 0 Å². The zero-order valence-electron chi connectivity index (χ0n) is 17.2. The molecule has 32 heavy (non-hydrogen) atoms. The molecule has 1 unspecified atom stereocenters. The van der Waals surface area contributed by atoms with Gasteiger partial charge in [0.1, 0.15) is 11.9 Å². The molecular formula is C22H20F3N5O2. The molecular weight excluding hydrogens is 423 g/mol. The van der Waals surface area contributed by atoms with E-state index in [0.717, 1.165) is 28.3 Å². The Hall–Kier alpha value is -3.43. The summed E-state index contributed by atoms with van der Waals surface area (Å²) in [5.41, 5.74) is 1.30. The zero-order chi connectivity index (χ0) is 22.7. The number of benzene rings is 1. The Bertz CT molecular complexity index is 1230. The number of fused-ring (bicyclic) bond motifs is 1. The molecule has 7 nitrogen and oxygen atoms in total. The van der Waals surface area contributed by atoms with E-state index in [1.54, 1.807) is 23.1 Å². The first kappa shape index (κ1) is 20.5. The first-order chi connectivity index (χ1) is 15.2. The molecule has 1 saturated carbocycles. The Kier molecular flexibility index (Phi) is 4.51. The summed E-state index contributed by atoms with van der Waals surface area (Å²) in [6.45, 7) is -0.0386. The highest BCUT2D eigenvalue weighted by atomic mass is 19.4. The smallest absolute Gasteiger partial charge is 0.322 e. The van der Waals surface area contributed by atoms with Crippen molar-refractivity contribution in [1.82, 2.24) is 19.7 Å². The van der Waals surface area contributed by atoms with E-state index in [4.69, 9.17) is 0 Å². The Morgan fingerprint density at radius 2 is 1.91 bits per heavy atom. The quantitative estimate of drug-likeness (QED) is 0.672. The number of likely N-dealkylation sites (tertiary alicyclic amines) is 1. The number of amides is 2. The number of pyridine rings is 1. The highest BCUT2D eigenvalue weighted by Crippen LogP contribution is 2.54. The number of hydrogen-bond donors (Lipinski definition) is 1. The summed E-state index contributed by atoms with van der Waals surface area (Å²) in [6, 6.07) is 6.31. The van der Waals surface area contributed by atoms with Crippen LogP contribution in [-0.2, 0) is 16.6 Å². The van der Waals surface area contributed by atoms with Gasteiger partial charge in [0.2, 0.25) is 5.91 Å². The fourth-order valence-corrected chi connectivity index (χ4v) is 4.72. The Morgan fingerprint density at radius 1 is 1.12 bits per heavy atom. The third-order valence-corrected chi connectivity index (χ3v) is 6.49. The third-order valence-electron chi connectivity index (χ3n) is 6.49. The van der Waals surface area contributed by atoms with Gasteiger partial charge < -0.3 is 10.2 Å². The number of nitrogens with zero attached hydrogens (tertiary/aromatic N) is 4. The van der Waals surface area contributed by atoms with Crippen LogP contribution in [0.25, 0.3) is 21.9 Å². The van der Waals surface area contributed by atoms with E-state index < -0.39 is 29.4 Å². The highest BCUT2D eigenvalue weighted by molar-refractivity contribution is 6.00. The molecule has 0 bridgehead atoms. The maximum Gasteiger partial charge on any atom is 0.471 e. The van der Waals surface area contributed by atoms with Gasteiger partial charge in [0.15, 0.2) is 0 Å². The molecule has 2 aromatic heterocycles. The summed E-state index contributed by atoms with van der Waals surface area (Å²) in [6.07, 6.45) is 2.31. The molecule has 10 heteroatoms. The predicted molar refractivity (Wildman–Crippen MR) is 110 cm³/mol. The monoisotopic (exact) mass is 443 g/mol. The molecule has 5 rings (SSSR count). The van der Waals surface area contributed by atoms with Crippen molar-refractivity contribution < 1.29 is 22.8 Å². The van der Waals surface area contributed by atoms with Crippen LogP contribution in [-0.4, -0.2) is 50.2 Å². The number of nitrogens with one attached hydrogen (secondary N) is 1. The van der Waals surface area contributed by atoms with Gasteiger partial charge in [-0.05, 0) is 35.9 Å². The summed E-state index contributed by atoms with van der Waals surface area (Å²) >= 11 is 0. The van der Waals surface area contributed by atoms with E-state index in [0.29, 0.717) is 17.7 Å². The second kappa shape index (κ2) is 7.04. The van der Waals surface area contributed by atoms with Crippen LogP contribution in [0.2, 0.25) is 0 Å². The van der Waals surface area contributed by atoms with Crippen molar-refractivity contribution in [2.45, 2.75) is 31.5 Å². The number of aryl methyl sites for hydroxylation is 1. The number of halogens is 3. The van der Waals surface area contributed by atoms with Crippen molar-refractivity contribution in [2.24, 2.45) is 12.5 Å². The molecule has 1 aliphatic carbocycles. The van der Waals surface area contributed by atoms with Crippen molar-refractivity contribution in [2.75, 3.05) is 11.9 Å².